The van der Waals surface area contributed by atoms with Crippen LogP contribution in [0.1, 0.15) is 27.2 Å². The van der Waals surface area contributed by atoms with Gasteiger partial charge in [0.05, 0.1) is 0 Å². The zero-order valence-electron chi connectivity index (χ0n) is 9.89. The Morgan fingerprint density at radius 1 is 1.00 bits per heavy atom. The van der Waals surface area contributed by atoms with Crippen molar-refractivity contribution in [3.05, 3.63) is 0 Å². The minimum Gasteiger partial charge on any atom is -0.309 e. The van der Waals surface area contributed by atoms with Crippen LogP contribution in [0.2, 0.25) is 0 Å². The second-order valence-electron chi connectivity index (χ2n) is 3.86. The molecule has 0 aromatic carbocycles. The molecule has 0 aliphatic rings. The minimum absolute atomic E-state index is 0.685. The highest BCUT2D eigenvalue weighted by Crippen LogP contribution is 1.84. The lowest BCUT2D eigenvalue weighted by Gasteiger charge is -2.12. The second-order valence-corrected chi connectivity index (χ2v) is 3.86. The average Bonchev–Trinajstić information content (AvgIpc) is 1.87. The molecule has 2 nitrogen and oxygen atoms in total. The van der Waals surface area contributed by atoms with Crippen molar-refractivity contribution in [2.75, 3.05) is 34.7 Å². The van der Waals surface area contributed by atoms with Crippen molar-refractivity contribution >= 4 is 0 Å². The summed E-state index contributed by atoms with van der Waals surface area (Å²) in [6.45, 7) is 7.72. The molecule has 0 aromatic heterocycles. The van der Waals surface area contributed by atoms with Crippen molar-refractivity contribution in [3.8, 4) is 0 Å². The molecule has 0 N–H and O–H groups in total. The van der Waals surface area contributed by atoms with Gasteiger partial charge in [0.2, 0.25) is 0 Å². The van der Waals surface area contributed by atoms with Crippen LogP contribution in [0.3, 0.4) is 0 Å². The van der Waals surface area contributed by atoms with Gasteiger partial charge in [0.1, 0.15) is 0 Å². The summed E-state index contributed by atoms with van der Waals surface area (Å²) in [5.41, 5.74) is 0. The van der Waals surface area contributed by atoms with Crippen molar-refractivity contribution in [3.63, 3.8) is 0 Å². The van der Waals surface area contributed by atoms with Gasteiger partial charge in [-0.1, -0.05) is 6.92 Å². The van der Waals surface area contributed by atoms with E-state index in [1.54, 1.807) is 0 Å². The van der Waals surface area contributed by atoms with E-state index >= 15 is 0 Å². The van der Waals surface area contributed by atoms with Crippen molar-refractivity contribution < 1.29 is 0 Å². The molecule has 0 saturated heterocycles. The summed E-state index contributed by atoms with van der Waals surface area (Å²) in [7, 11) is 8.32. The molecule has 12 heavy (non-hydrogen) atoms. The topological polar surface area (TPSA) is 6.48 Å². The monoisotopic (exact) mass is 174 g/mol. The minimum atomic E-state index is 0.685. The number of hydrogen-bond acceptors (Lipinski definition) is 2. The molecule has 0 bridgehead atoms. The van der Waals surface area contributed by atoms with Crippen molar-refractivity contribution in [1.29, 1.82) is 0 Å². The van der Waals surface area contributed by atoms with Crippen LogP contribution in [0.5, 0.6) is 0 Å². The maximum absolute atomic E-state index is 2.18. The Kier molecular flexibility index (Phi) is 10.8. The fourth-order valence-corrected chi connectivity index (χ4v) is 0.447. The van der Waals surface area contributed by atoms with Crippen LogP contribution in [-0.2, 0) is 0 Å². The van der Waals surface area contributed by atoms with Gasteiger partial charge in [-0.15, -0.1) is 0 Å². The summed E-state index contributed by atoms with van der Waals surface area (Å²) in [5, 5.41) is 0. The molecule has 0 heterocycles. The first-order chi connectivity index (χ1) is 5.41. The third-order valence-corrected chi connectivity index (χ3v) is 1.70. The molecule has 0 aliphatic carbocycles. The van der Waals surface area contributed by atoms with Crippen molar-refractivity contribution in [2.24, 2.45) is 0 Å². The van der Waals surface area contributed by atoms with Gasteiger partial charge in [-0.25, -0.2) is 0 Å². The first-order valence-electron chi connectivity index (χ1n) is 4.73. The third-order valence-electron chi connectivity index (χ3n) is 1.70. The van der Waals surface area contributed by atoms with Crippen LogP contribution >= 0.6 is 0 Å². The molecule has 0 rings (SSSR count). The summed E-state index contributed by atoms with van der Waals surface area (Å²) in [5.74, 6) is 0. The van der Waals surface area contributed by atoms with Gasteiger partial charge < -0.3 is 9.80 Å². The van der Waals surface area contributed by atoms with Gasteiger partial charge in [-0.3, -0.25) is 0 Å². The molecule has 0 fully saturated rings. The fraction of sp³-hybridized carbons (Fsp3) is 1.00. The predicted molar refractivity (Wildman–Crippen MR) is 57.7 cm³/mol. The molecular weight excluding hydrogens is 148 g/mol. The highest BCUT2D eigenvalue weighted by atomic mass is 15.1. The highest BCUT2D eigenvalue weighted by Gasteiger charge is 1.90. The van der Waals surface area contributed by atoms with E-state index in [1.807, 2.05) is 0 Å². The molecule has 0 saturated carbocycles. The van der Waals surface area contributed by atoms with E-state index in [1.165, 1.54) is 13.0 Å². The second kappa shape index (κ2) is 9.01. The zero-order chi connectivity index (χ0) is 10.1. The van der Waals surface area contributed by atoms with Crippen molar-refractivity contribution in [1.82, 2.24) is 9.80 Å². The lowest BCUT2D eigenvalue weighted by atomic mass is 10.4. The molecule has 0 aromatic rings. The normalized spacial score (nSPS) is 10.5. The number of nitrogens with zero attached hydrogens (tertiary/aromatic N) is 2. The third kappa shape index (κ3) is 16.5. The van der Waals surface area contributed by atoms with Gasteiger partial charge >= 0.3 is 0 Å². The van der Waals surface area contributed by atoms with E-state index in [2.05, 4.69) is 58.8 Å². The van der Waals surface area contributed by atoms with Crippen LogP contribution in [0.15, 0.2) is 0 Å². The summed E-state index contributed by atoms with van der Waals surface area (Å²) >= 11 is 0. The Hall–Kier alpha value is -0.0800. The first kappa shape index (κ1) is 14.4. The summed E-state index contributed by atoms with van der Waals surface area (Å²) in [6, 6.07) is 0.685. The Balaban J connectivity index is 0. The molecule has 76 valence electrons. The van der Waals surface area contributed by atoms with Crippen LogP contribution in [0.25, 0.3) is 0 Å². The summed E-state index contributed by atoms with van der Waals surface area (Å²) in [4.78, 5) is 4.35. The Morgan fingerprint density at radius 2 is 1.33 bits per heavy atom. The Bertz CT molecular complexity index is 71.9. The summed E-state index contributed by atoms with van der Waals surface area (Å²) < 4.78 is 0. The first-order valence-corrected chi connectivity index (χ1v) is 4.73. The van der Waals surface area contributed by atoms with Crippen LogP contribution in [0.4, 0.5) is 0 Å². The molecule has 0 atom stereocenters. The molecule has 0 radical (unpaired) electrons. The van der Waals surface area contributed by atoms with E-state index in [-0.39, 0.29) is 0 Å². The SMILES string of the molecule is CC(C)N(C)C.CCCN(C)C. The lowest BCUT2D eigenvalue weighted by Crippen LogP contribution is -2.20. The van der Waals surface area contributed by atoms with Crippen molar-refractivity contribution in [2.45, 2.75) is 33.2 Å². The molecule has 0 amide bonds. The van der Waals surface area contributed by atoms with Gasteiger partial charge in [0.15, 0.2) is 0 Å². The maximum Gasteiger partial charge on any atom is 0.00324 e. The number of hydrogen-bond donors (Lipinski definition) is 0. The van der Waals surface area contributed by atoms with E-state index in [4.69, 9.17) is 0 Å². The maximum atomic E-state index is 2.18. The Labute approximate surface area is 78.5 Å². The van der Waals surface area contributed by atoms with Crippen LogP contribution in [0, 0.1) is 0 Å². The highest BCUT2D eigenvalue weighted by molar-refractivity contribution is 4.46. The van der Waals surface area contributed by atoms with E-state index in [0.29, 0.717) is 6.04 Å². The van der Waals surface area contributed by atoms with Gasteiger partial charge in [-0.2, -0.15) is 0 Å². The zero-order valence-corrected chi connectivity index (χ0v) is 9.89. The number of rotatable bonds is 3. The predicted octanol–water partition coefficient (Wildman–Crippen LogP) is 1.91. The van der Waals surface area contributed by atoms with E-state index in [0.717, 1.165) is 0 Å². The Morgan fingerprint density at radius 3 is 1.33 bits per heavy atom. The molecule has 0 unspecified atom stereocenters. The summed E-state index contributed by atoms with van der Waals surface area (Å²) in [6.07, 6.45) is 1.26. The van der Waals surface area contributed by atoms with E-state index < -0.39 is 0 Å². The van der Waals surface area contributed by atoms with Crippen LogP contribution in [-0.4, -0.2) is 50.6 Å². The fourth-order valence-electron chi connectivity index (χ4n) is 0.447. The largest absolute Gasteiger partial charge is 0.309 e. The van der Waals surface area contributed by atoms with Gasteiger partial charge in [0, 0.05) is 6.04 Å². The smallest absolute Gasteiger partial charge is 0.00324 e. The molecular formula is C10H26N2. The average molecular weight is 174 g/mol. The molecule has 0 spiro atoms. The van der Waals surface area contributed by atoms with Gasteiger partial charge in [0.25, 0.3) is 0 Å². The lowest BCUT2D eigenvalue weighted by molar-refractivity contribution is 0.335. The van der Waals surface area contributed by atoms with Crippen LogP contribution < -0.4 is 0 Å². The molecule has 2 heteroatoms. The molecule has 0 aliphatic heterocycles. The van der Waals surface area contributed by atoms with E-state index in [9.17, 15) is 0 Å². The standard InChI is InChI=1S/2C5H13N/c1-5(2)6(3)4;1-4-5-6(2)3/h5H,1-4H3;4-5H2,1-3H3. The quantitative estimate of drug-likeness (QED) is 0.645. The van der Waals surface area contributed by atoms with Gasteiger partial charge in [-0.05, 0) is 55.0 Å².